The van der Waals surface area contributed by atoms with E-state index < -0.39 is 0 Å². The van der Waals surface area contributed by atoms with Crippen LogP contribution in [0.4, 0.5) is 17.3 Å². The van der Waals surface area contributed by atoms with E-state index in [2.05, 4.69) is 17.2 Å². The second-order valence-electron chi connectivity index (χ2n) is 4.84. The van der Waals surface area contributed by atoms with Crippen LogP contribution < -0.4 is 10.2 Å². The molecule has 0 bridgehead atoms. The van der Waals surface area contributed by atoms with E-state index in [1.165, 1.54) is 0 Å². The zero-order valence-electron chi connectivity index (χ0n) is 11.4. The maximum absolute atomic E-state index is 11.1. The van der Waals surface area contributed by atoms with Crippen LogP contribution in [0.1, 0.15) is 26.7 Å². The monoisotopic (exact) mass is 264 g/mol. The molecule has 1 saturated heterocycles. The molecule has 0 amide bonds. The van der Waals surface area contributed by atoms with Crippen molar-refractivity contribution in [1.82, 2.24) is 4.98 Å². The number of nitro groups is 1. The van der Waals surface area contributed by atoms with Crippen molar-refractivity contribution in [1.29, 1.82) is 0 Å². The molecule has 1 aliphatic heterocycles. The molecule has 6 heteroatoms. The Balaban J connectivity index is 2.30. The predicted molar refractivity (Wildman–Crippen MR) is 75.7 cm³/mol. The summed E-state index contributed by atoms with van der Waals surface area (Å²) in [6, 6.07) is 3.21. The van der Waals surface area contributed by atoms with Gasteiger partial charge in [-0.15, -0.1) is 0 Å². The van der Waals surface area contributed by atoms with Gasteiger partial charge in [0.05, 0.1) is 4.92 Å². The van der Waals surface area contributed by atoms with Gasteiger partial charge in [0, 0.05) is 25.7 Å². The second-order valence-corrected chi connectivity index (χ2v) is 4.84. The van der Waals surface area contributed by atoms with Gasteiger partial charge < -0.3 is 10.2 Å². The fourth-order valence-electron chi connectivity index (χ4n) is 2.45. The Morgan fingerprint density at radius 1 is 1.53 bits per heavy atom. The van der Waals surface area contributed by atoms with Crippen molar-refractivity contribution in [2.45, 2.75) is 26.7 Å². The van der Waals surface area contributed by atoms with Crippen LogP contribution in [-0.2, 0) is 0 Å². The summed E-state index contributed by atoms with van der Waals surface area (Å²) in [5.74, 6) is 1.81. The van der Waals surface area contributed by atoms with Crippen molar-refractivity contribution in [2.75, 3.05) is 29.9 Å². The summed E-state index contributed by atoms with van der Waals surface area (Å²) in [6.07, 6.45) is 2.19. The molecule has 1 unspecified atom stereocenters. The molecule has 0 saturated carbocycles. The first-order valence-corrected chi connectivity index (χ1v) is 6.80. The Labute approximate surface area is 113 Å². The first-order chi connectivity index (χ1) is 9.15. The zero-order valence-corrected chi connectivity index (χ0v) is 11.4. The minimum atomic E-state index is -0.350. The average molecular weight is 264 g/mol. The molecular formula is C13H20N4O2. The van der Waals surface area contributed by atoms with Crippen LogP contribution in [0.25, 0.3) is 0 Å². The number of hydrogen-bond acceptors (Lipinski definition) is 5. The third kappa shape index (κ3) is 2.94. The molecule has 0 aromatic carbocycles. The number of hydrogen-bond donors (Lipinski definition) is 1. The largest absolute Gasteiger partial charge is 0.370 e. The molecule has 0 spiro atoms. The maximum atomic E-state index is 11.1. The number of nitrogens with zero attached hydrogens (tertiary/aromatic N) is 3. The second kappa shape index (κ2) is 5.86. The van der Waals surface area contributed by atoms with Gasteiger partial charge >= 0.3 is 5.69 Å². The average Bonchev–Trinajstić information content (AvgIpc) is 2.87. The first-order valence-electron chi connectivity index (χ1n) is 6.80. The van der Waals surface area contributed by atoms with Crippen LogP contribution >= 0.6 is 0 Å². The predicted octanol–water partition coefficient (Wildman–Crippen LogP) is 2.66. The minimum absolute atomic E-state index is 0.0957. The maximum Gasteiger partial charge on any atom is 0.311 e. The van der Waals surface area contributed by atoms with Gasteiger partial charge in [-0.3, -0.25) is 10.1 Å². The summed E-state index contributed by atoms with van der Waals surface area (Å²) in [4.78, 5) is 17.2. The summed E-state index contributed by atoms with van der Waals surface area (Å²) in [6.45, 7) is 6.60. The van der Waals surface area contributed by atoms with Crippen molar-refractivity contribution in [2.24, 2.45) is 5.92 Å². The van der Waals surface area contributed by atoms with Gasteiger partial charge in [-0.1, -0.05) is 13.3 Å². The molecule has 0 radical (unpaired) electrons. The van der Waals surface area contributed by atoms with Crippen LogP contribution in [0.5, 0.6) is 0 Å². The fourth-order valence-corrected chi connectivity index (χ4v) is 2.45. The van der Waals surface area contributed by atoms with Crippen LogP contribution in [0, 0.1) is 16.0 Å². The smallest absolute Gasteiger partial charge is 0.311 e. The number of nitrogens with one attached hydrogen (secondary N) is 1. The third-order valence-electron chi connectivity index (χ3n) is 3.57. The molecule has 2 heterocycles. The van der Waals surface area contributed by atoms with Gasteiger partial charge in [0.15, 0.2) is 0 Å². The molecule has 19 heavy (non-hydrogen) atoms. The Hall–Kier alpha value is -1.85. The highest BCUT2D eigenvalue weighted by molar-refractivity contribution is 5.62. The normalized spacial score (nSPS) is 18.6. The van der Waals surface area contributed by atoms with Crippen molar-refractivity contribution in [3.8, 4) is 0 Å². The number of rotatable bonds is 5. The molecule has 0 aliphatic carbocycles. The zero-order chi connectivity index (χ0) is 13.8. The topological polar surface area (TPSA) is 71.3 Å². The molecular weight excluding hydrogens is 244 g/mol. The Bertz CT molecular complexity index is 464. The van der Waals surface area contributed by atoms with E-state index in [9.17, 15) is 10.1 Å². The molecule has 104 valence electrons. The first kappa shape index (κ1) is 13.6. The van der Waals surface area contributed by atoms with Gasteiger partial charge in [-0.25, -0.2) is 4.98 Å². The van der Waals surface area contributed by atoms with Crippen molar-refractivity contribution in [3.05, 3.63) is 22.2 Å². The summed E-state index contributed by atoms with van der Waals surface area (Å²) < 4.78 is 0. The van der Waals surface area contributed by atoms with Crippen molar-refractivity contribution < 1.29 is 4.92 Å². The van der Waals surface area contributed by atoms with E-state index in [0.29, 0.717) is 17.6 Å². The summed E-state index contributed by atoms with van der Waals surface area (Å²) >= 11 is 0. The van der Waals surface area contributed by atoms with Gasteiger partial charge in [-0.05, 0) is 25.3 Å². The molecule has 1 atom stereocenters. The molecule has 6 nitrogen and oxygen atoms in total. The Morgan fingerprint density at radius 2 is 2.32 bits per heavy atom. The van der Waals surface area contributed by atoms with Gasteiger partial charge in [0.25, 0.3) is 0 Å². The molecule has 2 rings (SSSR count). The molecule has 1 fully saturated rings. The van der Waals surface area contributed by atoms with E-state index in [1.807, 2.05) is 11.8 Å². The third-order valence-corrected chi connectivity index (χ3v) is 3.57. The summed E-state index contributed by atoms with van der Waals surface area (Å²) in [7, 11) is 0. The minimum Gasteiger partial charge on any atom is -0.370 e. The van der Waals surface area contributed by atoms with E-state index in [0.717, 1.165) is 32.5 Å². The Kier molecular flexibility index (Phi) is 4.19. The van der Waals surface area contributed by atoms with Crippen LogP contribution in [0.3, 0.4) is 0 Å². The number of aromatic nitrogens is 1. The Morgan fingerprint density at radius 3 is 2.89 bits per heavy atom. The van der Waals surface area contributed by atoms with Crippen LogP contribution in [-0.4, -0.2) is 29.5 Å². The highest BCUT2D eigenvalue weighted by atomic mass is 16.6. The number of pyridine rings is 1. The SMILES string of the molecule is CCNc1ccc([N+](=O)[O-])c(N2CCC(CC)C2)n1. The van der Waals surface area contributed by atoms with E-state index in [1.54, 1.807) is 12.1 Å². The summed E-state index contributed by atoms with van der Waals surface area (Å²) in [5.41, 5.74) is 0.0957. The number of anilines is 2. The molecule has 1 N–H and O–H groups in total. The fraction of sp³-hybridized carbons (Fsp3) is 0.615. The van der Waals surface area contributed by atoms with Crippen LogP contribution in [0.15, 0.2) is 12.1 Å². The lowest BCUT2D eigenvalue weighted by molar-refractivity contribution is -0.384. The van der Waals surface area contributed by atoms with Gasteiger partial charge in [0.1, 0.15) is 5.82 Å². The van der Waals surface area contributed by atoms with Gasteiger partial charge in [-0.2, -0.15) is 0 Å². The lowest BCUT2D eigenvalue weighted by Gasteiger charge is -2.18. The van der Waals surface area contributed by atoms with E-state index >= 15 is 0 Å². The lowest BCUT2D eigenvalue weighted by atomic mass is 10.1. The van der Waals surface area contributed by atoms with Gasteiger partial charge in [0.2, 0.25) is 5.82 Å². The standard InChI is InChI=1S/C13H20N4O2/c1-3-10-7-8-16(9-10)13-11(17(18)19)5-6-12(15-13)14-4-2/h5-6,10H,3-4,7-9H2,1-2H3,(H,14,15). The quantitative estimate of drug-likeness (QED) is 0.654. The van der Waals surface area contributed by atoms with Crippen LogP contribution in [0.2, 0.25) is 0 Å². The highest BCUT2D eigenvalue weighted by Gasteiger charge is 2.28. The van der Waals surface area contributed by atoms with E-state index in [-0.39, 0.29) is 10.6 Å². The molecule has 1 aromatic rings. The van der Waals surface area contributed by atoms with E-state index in [4.69, 9.17) is 0 Å². The van der Waals surface area contributed by atoms with Crippen molar-refractivity contribution >= 4 is 17.3 Å². The molecule has 1 aromatic heterocycles. The van der Waals surface area contributed by atoms with Crippen molar-refractivity contribution in [3.63, 3.8) is 0 Å². The highest BCUT2D eigenvalue weighted by Crippen LogP contribution is 2.32. The molecule has 1 aliphatic rings. The summed E-state index contributed by atoms with van der Waals surface area (Å²) in [5, 5.41) is 14.2. The lowest BCUT2D eigenvalue weighted by Crippen LogP contribution is -2.22.